The minimum atomic E-state index is -0.796. The highest BCUT2D eigenvalue weighted by Crippen LogP contribution is 2.70. The van der Waals surface area contributed by atoms with Gasteiger partial charge in [-0.15, -0.1) is 0 Å². The molecule has 1 aromatic rings. The predicted molar refractivity (Wildman–Crippen MR) is 78.5 cm³/mol. The fourth-order valence-corrected chi connectivity index (χ4v) is 5.32. The molecule has 4 unspecified atom stereocenters. The third-order valence-corrected chi connectivity index (χ3v) is 6.25. The maximum Gasteiger partial charge on any atom is 0.307 e. The van der Waals surface area contributed by atoms with Gasteiger partial charge in [-0.25, -0.2) is 0 Å². The SMILES string of the molecule is CCC12C(=O)CC(SCc3ccccc3)C1C2C(=O)O. The van der Waals surface area contributed by atoms with Crippen LogP contribution in [0.2, 0.25) is 0 Å². The van der Waals surface area contributed by atoms with Crippen LogP contribution < -0.4 is 0 Å². The minimum absolute atomic E-state index is 0.0474. The zero-order chi connectivity index (χ0) is 14.3. The largest absolute Gasteiger partial charge is 0.481 e. The second-order valence-electron chi connectivity index (χ2n) is 5.70. The van der Waals surface area contributed by atoms with Gasteiger partial charge in [-0.1, -0.05) is 37.3 Å². The third kappa shape index (κ3) is 1.89. The van der Waals surface area contributed by atoms with Crippen LogP contribution in [0.5, 0.6) is 0 Å². The molecule has 0 radical (unpaired) electrons. The Hall–Kier alpha value is -1.29. The molecule has 1 aromatic carbocycles. The highest BCUT2D eigenvalue weighted by atomic mass is 32.2. The summed E-state index contributed by atoms with van der Waals surface area (Å²) in [7, 11) is 0. The van der Waals surface area contributed by atoms with Gasteiger partial charge in [-0.05, 0) is 17.9 Å². The summed E-state index contributed by atoms with van der Waals surface area (Å²) in [4.78, 5) is 23.6. The van der Waals surface area contributed by atoms with E-state index in [1.807, 2.05) is 25.1 Å². The molecule has 1 N–H and O–H groups in total. The molecule has 2 fully saturated rings. The molecular formula is C16H18O3S. The van der Waals surface area contributed by atoms with Crippen LogP contribution in [0.25, 0.3) is 0 Å². The van der Waals surface area contributed by atoms with Gasteiger partial charge in [0.1, 0.15) is 5.78 Å². The molecular weight excluding hydrogens is 272 g/mol. The molecule has 0 amide bonds. The van der Waals surface area contributed by atoms with E-state index in [1.54, 1.807) is 11.8 Å². The molecule has 20 heavy (non-hydrogen) atoms. The van der Waals surface area contributed by atoms with Gasteiger partial charge >= 0.3 is 5.97 Å². The molecule has 2 aliphatic carbocycles. The molecule has 0 saturated heterocycles. The van der Waals surface area contributed by atoms with Crippen LogP contribution in [0.3, 0.4) is 0 Å². The first-order valence-electron chi connectivity index (χ1n) is 7.03. The normalized spacial score (nSPS) is 34.9. The van der Waals surface area contributed by atoms with E-state index in [9.17, 15) is 14.7 Å². The Morgan fingerprint density at radius 3 is 2.65 bits per heavy atom. The van der Waals surface area contributed by atoms with Gasteiger partial charge in [0.2, 0.25) is 0 Å². The van der Waals surface area contributed by atoms with Crippen molar-refractivity contribution in [1.82, 2.24) is 0 Å². The number of thioether (sulfide) groups is 1. The molecule has 106 valence electrons. The van der Waals surface area contributed by atoms with Crippen LogP contribution in [0.15, 0.2) is 30.3 Å². The van der Waals surface area contributed by atoms with Crippen molar-refractivity contribution >= 4 is 23.5 Å². The lowest BCUT2D eigenvalue weighted by Gasteiger charge is -2.12. The molecule has 2 aliphatic rings. The Labute approximate surface area is 122 Å². The lowest BCUT2D eigenvalue weighted by molar-refractivity contribution is -0.142. The zero-order valence-electron chi connectivity index (χ0n) is 11.4. The number of hydrogen-bond acceptors (Lipinski definition) is 3. The van der Waals surface area contributed by atoms with Crippen molar-refractivity contribution in [3.63, 3.8) is 0 Å². The molecule has 2 saturated carbocycles. The van der Waals surface area contributed by atoms with E-state index in [0.29, 0.717) is 12.8 Å². The number of rotatable bonds is 5. The number of carbonyl (C=O) groups is 2. The average molecular weight is 290 g/mol. The van der Waals surface area contributed by atoms with E-state index >= 15 is 0 Å². The number of Topliss-reactive ketones (excluding diaryl/α,β-unsaturated/α-hetero) is 1. The molecule has 3 nitrogen and oxygen atoms in total. The van der Waals surface area contributed by atoms with Crippen molar-refractivity contribution in [3.05, 3.63) is 35.9 Å². The smallest absolute Gasteiger partial charge is 0.307 e. The molecule has 0 aliphatic heterocycles. The van der Waals surface area contributed by atoms with E-state index in [0.717, 1.165) is 5.75 Å². The summed E-state index contributed by atoms with van der Waals surface area (Å²) in [6, 6.07) is 10.1. The fraction of sp³-hybridized carbons (Fsp3) is 0.500. The first-order valence-corrected chi connectivity index (χ1v) is 8.07. The fourth-order valence-electron chi connectivity index (χ4n) is 3.84. The summed E-state index contributed by atoms with van der Waals surface area (Å²) in [5.41, 5.74) is 0.687. The molecule has 4 atom stereocenters. The van der Waals surface area contributed by atoms with Crippen LogP contribution in [0.1, 0.15) is 25.3 Å². The second kappa shape index (κ2) is 4.92. The van der Waals surface area contributed by atoms with Gasteiger partial charge < -0.3 is 5.11 Å². The summed E-state index contributed by atoms with van der Waals surface area (Å²) in [5, 5.41) is 9.48. The summed E-state index contributed by atoms with van der Waals surface area (Å²) in [5.74, 6) is -0.173. The number of aliphatic carboxylic acids is 1. The van der Waals surface area contributed by atoms with Crippen LogP contribution in [0, 0.1) is 17.3 Å². The lowest BCUT2D eigenvalue weighted by Crippen LogP contribution is -2.20. The van der Waals surface area contributed by atoms with E-state index in [-0.39, 0.29) is 17.0 Å². The quantitative estimate of drug-likeness (QED) is 0.905. The molecule has 4 heteroatoms. The van der Waals surface area contributed by atoms with Crippen molar-refractivity contribution in [2.45, 2.75) is 30.8 Å². The highest BCUT2D eigenvalue weighted by Gasteiger charge is 2.77. The maximum absolute atomic E-state index is 12.2. The molecule has 0 aromatic heterocycles. The Morgan fingerprint density at radius 1 is 1.40 bits per heavy atom. The number of ketones is 1. The van der Waals surface area contributed by atoms with Crippen LogP contribution >= 0.6 is 11.8 Å². The van der Waals surface area contributed by atoms with E-state index in [2.05, 4.69) is 12.1 Å². The maximum atomic E-state index is 12.2. The van der Waals surface area contributed by atoms with E-state index in [1.165, 1.54) is 5.56 Å². The summed E-state index contributed by atoms with van der Waals surface area (Å²) < 4.78 is 0. The molecule has 3 rings (SSSR count). The number of benzene rings is 1. The number of carboxylic acid groups (broad SMARTS) is 1. The van der Waals surface area contributed by atoms with E-state index in [4.69, 9.17) is 0 Å². The summed E-state index contributed by atoms with van der Waals surface area (Å²) >= 11 is 1.74. The lowest BCUT2D eigenvalue weighted by atomic mass is 9.95. The Kier molecular flexibility index (Phi) is 3.36. The minimum Gasteiger partial charge on any atom is -0.481 e. The van der Waals surface area contributed by atoms with E-state index < -0.39 is 17.3 Å². The van der Waals surface area contributed by atoms with Gasteiger partial charge in [-0.2, -0.15) is 11.8 Å². The zero-order valence-corrected chi connectivity index (χ0v) is 12.2. The van der Waals surface area contributed by atoms with Crippen molar-refractivity contribution < 1.29 is 14.7 Å². The Bertz CT molecular complexity index is 542. The van der Waals surface area contributed by atoms with Crippen LogP contribution in [-0.2, 0) is 15.3 Å². The van der Waals surface area contributed by atoms with Gasteiger partial charge in [0.15, 0.2) is 0 Å². The highest BCUT2D eigenvalue weighted by molar-refractivity contribution is 7.99. The van der Waals surface area contributed by atoms with Crippen LogP contribution in [0.4, 0.5) is 0 Å². The molecule has 0 spiro atoms. The molecule has 0 heterocycles. The standard InChI is InChI=1S/C16H18O3S/c1-2-16-12(17)8-11(13(16)14(16)15(18)19)20-9-10-6-4-3-5-7-10/h3-7,11,13-14H,2,8-9H2,1H3,(H,18,19). The predicted octanol–water partition coefficient (Wildman–Crippen LogP) is 2.99. The van der Waals surface area contributed by atoms with Crippen LogP contribution in [-0.4, -0.2) is 22.1 Å². The number of carbonyl (C=O) groups excluding carboxylic acids is 1. The van der Waals surface area contributed by atoms with Crippen molar-refractivity contribution in [3.8, 4) is 0 Å². The first-order chi connectivity index (χ1) is 9.61. The Balaban J connectivity index is 1.70. The molecule has 0 bridgehead atoms. The van der Waals surface area contributed by atoms with Gasteiger partial charge in [0.05, 0.1) is 5.92 Å². The van der Waals surface area contributed by atoms with Gasteiger partial charge in [0.25, 0.3) is 0 Å². The first kappa shape index (κ1) is 13.7. The number of carboxylic acids is 1. The topological polar surface area (TPSA) is 54.4 Å². The Morgan fingerprint density at radius 2 is 2.10 bits per heavy atom. The summed E-state index contributed by atoms with van der Waals surface area (Å²) in [6.07, 6.45) is 1.20. The van der Waals surface area contributed by atoms with Crippen molar-refractivity contribution in [2.75, 3.05) is 0 Å². The monoisotopic (exact) mass is 290 g/mol. The van der Waals surface area contributed by atoms with Crippen molar-refractivity contribution in [2.24, 2.45) is 17.3 Å². The van der Waals surface area contributed by atoms with Crippen molar-refractivity contribution in [1.29, 1.82) is 0 Å². The third-order valence-electron chi connectivity index (χ3n) is 4.86. The average Bonchev–Trinajstić information content (AvgIpc) is 3.07. The van der Waals surface area contributed by atoms with Gasteiger partial charge in [0, 0.05) is 22.8 Å². The summed E-state index contributed by atoms with van der Waals surface area (Å²) in [6.45, 7) is 1.94. The number of fused-ring (bicyclic) bond motifs is 1. The van der Waals surface area contributed by atoms with Gasteiger partial charge in [-0.3, -0.25) is 9.59 Å². The number of hydrogen-bond donors (Lipinski definition) is 1. The second-order valence-corrected chi connectivity index (χ2v) is 6.93.